The Balaban J connectivity index is 1.89. The largest absolute Gasteiger partial charge is 0.484 e. The van der Waals surface area contributed by atoms with E-state index in [9.17, 15) is 14.0 Å². The van der Waals surface area contributed by atoms with Crippen molar-refractivity contribution in [2.24, 2.45) is 4.99 Å². The first kappa shape index (κ1) is 20.7. The summed E-state index contributed by atoms with van der Waals surface area (Å²) >= 11 is 1.33. The molecule has 0 radical (unpaired) electrons. The Labute approximate surface area is 171 Å². The Kier molecular flexibility index (Phi) is 6.77. The number of ether oxygens (including phenoxy) is 2. The van der Waals surface area contributed by atoms with Crippen LogP contribution in [0.4, 0.5) is 4.39 Å². The Morgan fingerprint density at radius 2 is 1.90 bits per heavy atom. The first-order valence-electron chi connectivity index (χ1n) is 9.24. The number of carbonyl (C=O) groups is 2. The van der Waals surface area contributed by atoms with E-state index >= 15 is 0 Å². The number of nitrogens with zero attached hydrogens (tertiary/aromatic N) is 2. The van der Waals surface area contributed by atoms with E-state index < -0.39 is 11.9 Å². The molecule has 0 bridgehead atoms. The zero-order valence-electron chi connectivity index (χ0n) is 16.2. The normalized spacial score (nSPS) is 11.6. The number of hydrogen-bond acceptors (Lipinski definition) is 5. The number of carbonyl (C=O) groups excluding carboxylic acids is 2. The minimum atomic E-state index is -0.505. The number of esters is 1. The molecular formula is C21H21FN2O4S. The second-order valence-corrected chi connectivity index (χ2v) is 7.19. The first-order chi connectivity index (χ1) is 14.0. The summed E-state index contributed by atoms with van der Waals surface area (Å²) in [4.78, 5) is 28.9. The van der Waals surface area contributed by atoms with Gasteiger partial charge in [0.2, 0.25) is 0 Å². The third-order valence-electron chi connectivity index (χ3n) is 4.14. The summed E-state index contributed by atoms with van der Waals surface area (Å²) in [6.07, 6.45) is 0.878. The van der Waals surface area contributed by atoms with Crippen molar-refractivity contribution in [2.75, 3.05) is 13.2 Å². The van der Waals surface area contributed by atoms with Gasteiger partial charge in [-0.25, -0.2) is 4.39 Å². The fourth-order valence-electron chi connectivity index (χ4n) is 2.73. The maximum Gasteiger partial charge on any atom is 0.326 e. The second-order valence-electron chi connectivity index (χ2n) is 6.18. The zero-order valence-corrected chi connectivity index (χ0v) is 17.0. The quantitative estimate of drug-likeness (QED) is 0.553. The molecule has 0 atom stereocenters. The van der Waals surface area contributed by atoms with Gasteiger partial charge in [-0.2, -0.15) is 4.99 Å². The minimum absolute atomic E-state index is 0.0375. The topological polar surface area (TPSA) is 69.9 Å². The van der Waals surface area contributed by atoms with Crippen LogP contribution in [0.25, 0.3) is 10.2 Å². The second kappa shape index (κ2) is 9.47. The number of aryl methyl sites for hydroxylation is 1. The van der Waals surface area contributed by atoms with Gasteiger partial charge in [-0.15, -0.1) is 0 Å². The molecule has 1 heterocycles. The molecule has 8 heteroatoms. The lowest BCUT2D eigenvalue weighted by Crippen LogP contribution is -2.24. The van der Waals surface area contributed by atoms with E-state index in [-0.39, 0.29) is 25.6 Å². The zero-order chi connectivity index (χ0) is 20.8. The van der Waals surface area contributed by atoms with Gasteiger partial charge in [-0.3, -0.25) is 9.59 Å². The molecule has 0 saturated carbocycles. The molecule has 0 aliphatic carbocycles. The summed E-state index contributed by atoms with van der Waals surface area (Å²) in [5.74, 6) is -0.916. The maximum atomic E-state index is 13.0. The van der Waals surface area contributed by atoms with Crippen molar-refractivity contribution in [1.29, 1.82) is 0 Å². The van der Waals surface area contributed by atoms with Gasteiger partial charge in [0.1, 0.15) is 18.1 Å². The summed E-state index contributed by atoms with van der Waals surface area (Å²) in [5, 5.41) is 0. The van der Waals surface area contributed by atoms with Crippen LogP contribution in [0, 0.1) is 5.82 Å². The van der Waals surface area contributed by atoms with Crippen molar-refractivity contribution in [2.45, 2.75) is 26.8 Å². The average Bonchev–Trinajstić information content (AvgIpc) is 3.03. The third kappa shape index (κ3) is 5.29. The molecule has 0 fully saturated rings. The Hall–Kier alpha value is -3.00. The molecule has 0 spiro atoms. The number of amides is 1. The summed E-state index contributed by atoms with van der Waals surface area (Å²) in [6.45, 7) is 3.74. The van der Waals surface area contributed by atoms with Gasteiger partial charge in [0.15, 0.2) is 11.4 Å². The van der Waals surface area contributed by atoms with Crippen LogP contribution in [-0.4, -0.2) is 29.7 Å². The van der Waals surface area contributed by atoms with Crippen molar-refractivity contribution in [1.82, 2.24) is 4.57 Å². The highest BCUT2D eigenvalue weighted by Crippen LogP contribution is 2.20. The van der Waals surface area contributed by atoms with Gasteiger partial charge in [0.25, 0.3) is 5.91 Å². The molecule has 0 aliphatic heterocycles. The Morgan fingerprint density at radius 3 is 2.59 bits per heavy atom. The van der Waals surface area contributed by atoms with Crippen LogP contribution in [0.3, 0.4) is 0 Å². The smallest absolute Gasteiger partial charge is 0.326 e. The number of rotatable bonds is 7. The molecule has 1 amide bonds. The van der Waals surface area contributed by atoms with E-state index in [0.29, 0.717) is 10.6 Å². The SMILES string of the molecule is CCOC(=O)Cn1c(=NC(=O)COc2ccc(F)cc2)sc2cc(CC)ccc21. The predicted octanol–water partition coefficient (Wildman–Crippen LogP) is 3.47. The molecule has 3 rings (SSSR count). The first-order valence-corrected chi connectivity index (χ1v) is 10.1. The van der Waals surface area contributed by atoms with Crippen molar-refractivity contribution in [3.05, 3.63) is 58.6 Å². The third-order valence-corrected chi connectivity index (χ3v) is 5.19. The van der Waals surface area contributed by atoms with E-state index in [0.717, 1.165) is 22.2 Å². The lowest BCUT2D eigenvalue weighted by Gasteiger charge is -2.06. The van der Waals surface area contributed by atoms with Crippen LogP contribution in [0.15, 0.2) is 47.5 Å². The number of hydrogen-bond donors (Lipinski definition) is 0. The molecule has 0 saturated heterocycles. The van der Waals surface area contributed by atoms with E-state index in [1.54, 1.807) is 11.5 Å². The highest BCUT2D eigenvalue weighted by atomic mass is 32.1. The Morgan fingerprint density at radius 1 is 1.14 bits per heavy atom. The van der Waals surface area contributed by atoms with E-state index in [2.05, 4.69) is 11.9 Å². The number of fused-ring (bicyclic) bond motifs is 1. The summed E-state index contributed by atoms with van der Waals surface area (Å²) in [7, 11) is 0. The fraction of sp³-hybridized carbons (Fsp3) is 0.286. The van der Waals surface area contributed by atoms with Crippen molar-refractivity contribution < 1.29 is 23.5 Å². The average molecular weight is 416 g/mol. The summed E-state index contributed by atoms with van der Waals surface area (Å²) in [6, 6.07) is 11.3. The molecule has 152 valence electrons. The highest BCUT2D eigenvalue weighted by Gasteiger charge is 2.13. The van der Waals surface area contributed by atoms with Crippen LogP contribution >= 0.6 is 11.3 Å². The molecular weight excluding hydrogens is 395 g/mol. The van der Waals surface area contributed by atoms with Gasteiger partial charge in [-0.05, 0) is 55.3 Å². The number of thiazole rings is 1. The van der Waals surface area contributed by atoms with Gasteiger partial charge in [0.05, 0.1) is 16.8 Å². The van der Waals surface area contributed by atoms with Crippen LogP contribution < -0.4 is 9.54 Å². The van der Waals surface area contributed by atoms with Gasteiger partial charge in [-0.1, -0.05) is 24.3 Å². The van der Waals surface area contributed by atoms with Crippen molar-refractivity contribution in [3.63, 3.8) is 0 Å². The van der Waals surface area contributed by atoms with Gasteiger partial charge in [0, 0.05) is 0 Å². The molecule has 3 aromatic rings. The number of aromatic nitrogens is 1. The molecule has 2 aromatic carbocycles. The molecule has 6 nitrogen and oxygen atoms in total. The van der Waals surface area contributed by atoms with Crippen LogP contribution in [0.1, 0.15) is 19.4 Å². The lowest BCUT2D eigenvalue weighted by atomic mass is 10.2. The fourth-order valence-corrected chi connectivity index (χ4v) is 3.84. The van der Waals surface area contributed by atoms with E-state index in [1.165, 1.54) is 35.6 Å². The number of benzene rings is 2. The summed E-state index contributed by atoms with van der Waals surface area (Å²) < 4.78 is 26.0. The Bertz CT molecular complexity index is 1090. The van der Waals surface area contributed by atoms with Crippen LogP contribution in [0.2, 0.25) is 0 Å². The molecule has 0 unspecified atom stereocenters. The van der Waals surface area contributed by atoms with Gasteiger partial charge >= 0.3 is 5.97 Å². The predicted molar refractivity (Wildman–Crippen MR) is 108 cm³/mol. The van der Waals surface area contributed by atoms with Crippen molar-refractivity contribution in [3.8, 4) is 5.75 Å². The molecule has 0 aliphatic rings. The highest BCUT2D eigenvalue weighted by molar-refractivity contribution is 7.16. The van der Waals surface area contributed by atoms with Crippen molar-refractivity contribution >= 4 is 33.4 Å². The molecule has 29 heavy (non-hydrogen) atoms. The molecule has 0 N–H and O–H groups in total. The molecule has 1 aromatic heterocycles. The van der Waals surface area contributed by atoms with Crippen LogP contribution in [0.5, 0.6) is 5.75 Å². The van der Waals surface area contributed by atoms with E-state index in [1.807, 2.05) is 18.2 Å². The van der Waals surface area contributed by atoms with Gasteiger partial charge < -0.3 is 14.0 Å². The standard InChI is InChI=1S/C21H21FN2O4S/c1-3-14-5-10-17-18(11-14)29-21(24(17)12-20(26)27-4-2)23-19(25)13-28-16-8-6-15(22)7-9-16/h5-11H,3-4,12-13H2,1-2H3. The van der Waals surface area contributed by atoms with E-state index in [4.69, 9.17) is 9.47 Å². The number of halogens is 1. The monoisotopic (exact) mass is 416 g/mol. The minimum Gasteiger partial charge on any atom is -0.484 e. The maximum absolute atomic E-state index is 13.0. The van der Waals surface area contributed by atoms with Crippen LogP contribution in [-0.2, 0) is 27.3 Å². The summed E-state index contributed by atoms with van der Waals surface area (Å²) in [5.41, 5.74) is 1.96. The lowest BCUT2D eigenvalue weighted by molar-refractivity contribution is -0.143.